The molecule has 0 aromatic heterocycles. The second-order valence-corrected chi connectivity index (χ2v) is 13.1. The van der Waals surface area contributed by atoms with E-state index in [2.05, 4.69) is 6.58 Å². The Labute approximate surface area is 302 Å². The SMILES string of the molecule is C=CCOC(COCc1ccccc1)[C@H](OCc1ccccc1)C(OCc1ccccc1)C(OCc1ccccc1)C(=O)CC(=O)OC(C)(C)C. The highest BCUT2D eigenvalue weighted by Gasteiger charge is 2.42. The van der Waals surface area contributed by atoms with E-state index in [-0.39, 0.29) is 33.0 Å². The molecule has 4 atom stereocenters. The van der Waals surface area contributed by atoms with Gasteiger partial charge in [0.25, 0.3) is 0 Å². The summed E-state index contributed by atoms with van der Waals surface area (Å²) < 4.78 is 37.9. The number of hydrogen-bond donors (Lipinski definition) is 0. The predicted molar refractivity (Wildman–Crippen MR) is 197 cm³/mol. The molecule has 4 aromatic carbocycles. The molecule has 8 nitrogen and oxygen atoms in total. The molecular weight excluding hydrogens is 644 g/mol. The predicted octanol–water partition coefficient (Wildman–Crippen LogP) is 7.83. The van der Waals surface area contributed by atoms with E-state index in [1.54, 1.807) is 26.8 Å². The Balaban J connectivity index is 1.74. The summed E-state index contributed by atoms with van der Waals surface area (Å²) in [5, 5.41) is 0. The highest BCUT2D eigenvalue weighted by atomic mass is 16.6. The molecule has 4 rings (SSSR count). The van der Waals surface area contributed by atoms with Crippen LogP contribution >= 0.6 is 0 Å². The first-order chi connectivity index (χ1) is 24.7. The van der Waals surface area contributed by atoms with Crippen molar-refractivity contribution in [2.75, 3.05) is 13.2 Å². The van der Waals surface area contributed by atoms with E-state index < -0.39 is 48.2 Å². The third-order valence-electron chi connectivity index (χ3n) is 7.71. The molecule has 8 heteroatoms. The lowest BCUT2D eigenvalue weighted by atomic mass is 9.97. The van der Waals surface area contributed by atoms with Gasteiger partial charge in [-0.05, 0) is 43.0 Å². The summed E-state index contributed by atoms with van der Waals surface area (Å²) in [6, 6.07) is 38.7. The summed E-state index contributed by atoms with van der Waals surface area (Å²) in [7, 11) is 0. The van der Waals surface area contributed by atoms with Crippen LogP contribution in [0.25, 0.3) is 0 Å². The van der Waals surface area contributed by atoms with Crippen LogP contribution in [0.15, 0.2) is 134 Å². The molecule has 0 heterocycles. The Bertz CT molecular complexity index is 1570. The molecule has 3 unspecified atom stereocenters. The van der Waals surface area contributed by atoms with Gasteiger partial charge < -0.3 is 28.4 Å². The largest absolute Gasteiger partial charge is 0.460 e. The smallest absolute Gasteiger partial charge is 0.313 e. The van der Waals surface area contributed by atoms with E-state index in [9.17, 15) is 9.59 Å². The van der Waals surface area contributed by atoms with Crippen LogP contribution in [0.5, 0.6) is 0 Å². The molecule has 51 heavy (non-hydrogen) atoms. The molecule has 0 fully saturated rings. The van der Waals surface area contributed by atoms with Gasteiger partial charge in [0.05, 0.1) is 39.6 Å². The van der Waals surface area contributed by atoms with Gasteiger partial charge >= 0.3 is 5.97 Å². The highest BCUT2D eigenvalue weighted by Crippen LogP contribution is 2.25. The van der Waals surface area contributed by atoms with E-state index in [4.69, 9.17) is 28.4 Å². The minimum Gasteiger partial charge on any atom is -0.460 e. The van der Waals surface area contributed by atoms with Crippen molar-refractivity contribution >= 4 is 11.8 Å². The first kappa shape index (κ1) is 39.3. The quantitative estimate of drug-likeness (QED) is 0.0467. The van der Waals surface area contributed by atoms with Gasteiger partial charge in [0, 0.05) is 0 Å². The van der Waals surface area contributed by atoms with Gasteiger partial charge in [-0.2, -0.15) is 0 Å². The summed E-state index contributed by atoms with van der Waals surface area (Å²) in [6.45, 7) is 10.2. The lowest BCUT2D eigenvalue weighted by Crippen LogP contribution is -2.53. The lowest BCUT2D eigenvalue weighted by Gasteiger charge is -2.37. The van der Waals surface area contributed by atoms with Crippen molar-refractivity contribution in [1.82, 2.24) is 0 Å². The van der Waals surface area contributed by atoms with Crippen molar-refractivity contribution in [2.45, 2.75) is 83.6 Å². The van der Waals surface area contributed by atoms with Gasteiger partial charge in [0.15, 0.2) is 5.78 Å². The van der Waals surface area contributed by atoms with Gasteiger partial charge in [-0.15, -0.1) is 6.58 Å². The first-order valence-electron chi connectivity index (χ1n) is 17.3. The van der Waals surface area contributed by atoms with Gasteiger partial charge in [-0.1, -0.05) is 127 Å². The van der Waals surface area contributed by atoms with Crippen LogP contribution in [-0.2, 0) is 64.4 Å². The minimum atomic E-state index is -1.24. The average molecular weight is 695 g/mol. The van der Waals surface area contributed by atoms with Crippen LogP contribution in [0.2, 0.25) is 0 Å². The van der Waals surface area contributed by atoms with Crippen LogP contribution < -0.4 is 0 Å². The van der Waals surface area contributed by atoms with Gasteiger partial charge in [0.2, 0.25) is 0 Å². The number of benzene rings is 4. The van der Waals surface area contributed by atoms with Crippen LogP contribution in [0, 0.1) is 0 Å². The number of carbonyl (C=O) groups is 2. The number of esters is 1. The summed E-state index contributed by atoms with van der Waals surface area (Å²) in [4.78, 5) is 27.3. The van der Waals surface area contributed by atoms with Crippen LogP contribution in [0.1, 0.15) is 49.4 Å². The van der Waals surface area contributed by atoms with E-state index in [1.807, 2.05) is 121 Å². The molecule has 0 radical (unpaired) electrons. The van der Waals surface area contributed by atoms with Crippen LogP contribution in [0.3, 0.4) is 0 Å². The normalized spacial score (nSPS) is 13.9. The topological polar surface area (TPSA) is 89.5 Å². The maximum atomic E-state index is 14.3. The van der Waals surface area contributed by atoms with Gasteiger partial charge in [-0.25, -0.2) is 0 Å². The Kier molecular flexibility index (Phi) is 16.2. The summed E-state index contributed by atoms with van der Waals surface area (Å²) in [5.74, 6) is -1.16. The van der Waals surface area contributed by atoms with Crippen LogP contribution in [0.4, 0.5) is 0 Å². The molecule has 0 N–H and O–H groups in total. The maximum Gasteiger partial charge on any atom is 0.313 e. The maximum absolute atomic E-state index is 14.3. The molecule has 0 bridgehead atoms. The second kappa shape index (κ2) is 21.0. The van der Waals surface area contributed by atoms with E-state index in [0.717, 1.165) is 22.3 Å². The van der Waals surface area contributed by atoms with E-state index >= 15 is 0 Å². The Morgan fingerprint density at radius 3 is 1.49 bits per heavy atom. The molecule has 0 aliphatic carbocycles. The van der Waals surface area contributed by atoms with Gasteiger partial charge in [-0.3, -0.25) is 9.59 Å². The third kappa shape index (κ3) is 14.4. The fraction of sp³-hybridized carbons (Fsp3) is 0.349. The fourth-order valence-corrected chi connectivity index (χ4v) is 5.35. The van der Waals surface area contributed by atoms with Crippen molar-refractivity contribution in [1.29, 1.82) is 0 Å². The zero-order valence-corrected chi connectivity index (χ0v) is 29.9. The standard InChI is InChI=1S/C43H50O8/c1-5-26-47-38(32-46-28-33-18-10-6-11-19-33)41(49-30-35-22-14-8-15-23-35)42(50-31-36-24-16-9-17-25-36)40(48-29-34-20-12-7-13-21-34)37(44)27-39(45)51-43(2,3)4/h5-25,38,40-42H,1,26-32H2,2-4H3/t38?,40?,41-,42?/m0/s1. The van der Waals surface area contributed by atoms with Crippen molar-refractivity contribution < 1.29 is 38.0 Å². The summed E-state index contributed by atoms with van der Waals surface area (Å²) in [5.41, 5.74) is 2.87. The summed E-state index contributed by atoms with van der Waals surface area (Å²) in [6.07, 6.45) is -2.78. The monoisotopic (exact) mass is 694 g/mol. The molecule has 0 amide bonds. The molecule has 270 valence electrons. The number of carbonyl (C=O) groups excluding carboxylic acids is 2. The lowest BCUT2D eigenvalue weighted by molar-refractivity contribution is -0.198. The molecule has 0 aliphatic heterocycles. The zero-order chi connectivity index (χ0) is 36.3. The second-order valence-electron chi connectivity index (χ2n) is 13.1. The van der Waals surface area contributed by atoms with E-state index in [0.29, 0.717) is 6.61 Å². The van der Waals surface area contributed by atoms with E-state index in [1.165, 1.54) is 0 Å². The molecule has 0 spiro atoms. The van der Waals surface area contributed by atoms with Crippen molar-refractivity contribution in [2.24, 2.45) is 0 Å². The molecule has 0 aliphatic rings. The van der Waals surface area contributed by atoms with Crippen molar-refractivity contribution in [3.63, 3.8) is 0 Å². The van der Waals surface area contributed by atoms with Crippen LogP contribution in [-0.4, -0.2) is 55.0 Å². The average Bonchev–Trinajstić information content (AvgIpc) is 3.13. The minimum absolute atomic E-state index is 0.0882. The Morgan fingerprint density at radius 2 is 1.04 bits per heavy atom. The third-order valence-corrected chi connectivity index (χ3v) is 7.71. The number of ether oxygens (including phenoxy) is 6. The Hall–Kier alpha value is -4.44. The number of hydrogen-bond acceptors (Lipinski definition) is 8. The molecular formula is C43H50O8. The summed E-state index contributed by atoms with van der Waals surface area (Å²) >= 11 is 0. The molecule has 0 saturated carbocycles. The zero-order valence-electron chi connectivity index (χ0n) is 29.9. The molecule has 0 saturated heterocycles. The van der Waals surface area contributed by atoms with Crippen molar-refractivity contribution in [3.05, 3.63) is 156 Å². The molecule has 4 aromatic rings. The van der Waals surface area contributed by atoms with Gasteiger partial charge in [0.1, 0.15) is 36.4 Å². The van der Waals surface area contributed by atoms with Crippen molar-refractivity contribution in [3.8, 4) is 0 Å². The fourth-order valence-electron chi connectivity index (χ4n) is 5.35. The number of Topliss-reactive ketones (excluding diaryl/α,β-unsaturated/α-hetero) is 1. The Morgan fingerprint density at radius 1 is 0.608 bits per heavy atom. The number of ketones is 1. The first-order valence-corrected chi connectivity index (χ1v) is 17.3. The number of rotatable bonds is 22. The highest BCUT2D eigenvalue weighted by molar-refractivity contribution is 5.98.